The molecule has 8 heteroatoms. The molecule has 2 aromatic rings. The van der Waals surface area contributed by atoms with Crippen LogP contribution in [-0.2, 0) is 9.31 Å². The largest absolute Gasteiger partial charge is 0.489 e. The van der Waals surface area contributed by atoms with Crippen molar-refractivity contribution < 1.29 is 24.3 Å². The van der Waals surface area contributed by atoms with Crippen LogP contribution in [0.15, 0.2) is 48.6 Å². The van der Waals surface area contributed by atoms with E-state index in [1.54, 1.807) is 70.4 Å². The van der Waals surface area contributed by atoms with E-state index in [1.807, 2.05) is 30.3 Å². The first-order valence-electron chi connectivity index (χ1n) is 13.5. The summed E-state index contributed by atoms with van der Waals surface area (Å²) in [7, 11) is 3.10. The highest BCUT2D eigenvalue weighted by Crippen LogP contribution is 2.45. The van der Waals surface area contributed by atoms with Crippen LogP contribution >= 0.6 is 0 Å². The fourth-order valence-corrected chi connectivity index (χ4v) is 4.50. The molecule has 2 aliphatic rings. The molecule has 6 nitrogen and oxygen atoms in total. The van der Waals surface area contributed by atoms with Crippen LogP contribution in [0, 0.1) is 11.3 Å². The second-order valence-electron chi connectivity index (χ2n) is 12.7. The average molecular weight is 527 g/mol. The lowest BCUT2D eigenvalue weighted by molar-refractivity contribution is -0.0894. The third kappa shape index (κ3) is 5.98. The van der Waals surface area contributed by atoms with E-state index in [0.29, 0.717) is 16.5 Å². The molecule has 0 aromatic heterocycles. The molecule has 0 amide bonds. The van der Waals surface area contributed by atoms with Crippen molar-refractivity contribution in [1.82, 2.24) is 0 Å². The van der Waals surface area contributed by atoms with Crippen molar-refractivity contribution in [1.29, 1.82) is 5.26 Å². The molecule has 0 saturated carbocycles. The molecule has 1 aliphatic heterocycles. The Balaban J connectivity index is 1.68. The Morgan fingerprint density at radius 1 is 0.872 bits per heavy atom. The van der Waals surface area contributed by atoms with Crippen LogP contribution < -0.4 is 15.7 Å². The van der Waals surface area contributed by atoms with Crippen LogP contribution in [0.5, 0.6) is 5.75 Å². The van der Waals surface area contributed by atoms with Gasteiger partial charge in [-0.05, 0) is 84.4 Å². The summed E-state index contributed by atoms with van der Waals surface area (Å²) in [5.41, 5.74) is -0.250. The first-order valence-corrected chi connectivity index (χ1v) is 13.5. The maximum absolute atomic E-state index is 10.6. The van der Waals surface area contributed by atoms with Crippen LogP contribution in [-0.4, -0.2) is 53.7 Å². The van der Waals surface area contributed by atoms with Crippen molar-refractivity contribution >= 4 is 25.9 Å². The zero-order valence-electron chi connectivity index (χ0n) is 24.3. The molecular formula is C31H39B2NO5. The quantitative estimate of drug-likeness (QED) is 0.381. The number of hydrogen-bond donors (Lipinski definition) is 2. The summed E-state index contributed by atoms with van der Waals surface area (Å²) < 4.78 is 18.4. The lowest BCUT2D eigenvalue weighted by Gasteiger charge is -2.38. The number of hydrogen-bond acceptors (Lipinski definition) is 6. The lowest BCUT2D eigenvalue weighted by atomic mass is 9.70. The third-order valence-corrected chi connectivity index (χ3v) is 8.66. The van der Waals surface area contributed by atoms with E-state index in [0.717, 1.165) is 17.7 Å². The van der Waals surface area contributed by atoms with E-state index >= 15 is 0 Å². The fraction of sp³-hybridized carbons (Fsp3) is 0.516. The summed E-state index contributed by atoms with van der Waals surface area (Å²) in [6, 6.07) is 14.4. The highest BCUT2D eigenvalue weighted by molar-refractivity contribution is 6.53. The van der Waals surface area contributed by atoms with E-state index in [9.17, 15) is 15.5 Å². The van der Waals surface area contributed by atoms with Gasteiger partial charge in [0, 0.05) is 23.0 Å². The normalized spacial score (nSPS) is 21.0. The first-order chi connectivity index (χ1) is 18.0. The molecule has 1 heterocycles. The molecule has 0 saturated heterocycles. The predicted molar refractivity (Wildman–Crippen MR) is 155 cm³/mol. The topological polar surface area (TPSA) is 91.9 Å². The summed E-state index contributed by atoms with van der Waals surface area (Å²) in [6.45, 7) is 14.0. The minimum atomic E-state index is -1.11. The molecular weight excluding hydrogens is 488 g/mol. The monoisotopic (exact) mass is 527 g/mol. The number of nitrogens with zero attached hydrogens (tertiary/aromatic N) is 1. The van der Waals surface area contributed by atoms with Gasteiger partial charge in [-0.1, -0.05) is 42.5 Å². The number of fused-ring (bicyclic) bond motifs is 3. The SMILES string of the molecule is CC(C)(O)C(C)(C)O[B]c1cc(C2C=CC3c4ccccc4OC3C2)cc([B]OC(C)(C)C(C)(C)O)c1C#N. The summed E-state index contributed by atoms with van der Waals surface area (Å²) >= 11 is 0. The molecule has 2 radical (unpaired) electrons. The number of rotatable bonds is 9. The van der Waals surface area contributed by atoms with Crippen LogP contribution in [0.2, 0.25) is 0 Å². The van der Waals surface area contributed by atoms with E-state index in [-0.39, 0.29) is 17.9 Å². The average Bonchev–Trinajstić information content (AvgIpc) is 3.22. The standard InChI is InChI=1S/C31H39B2NO5/c1-28(2,35)30(5,6)38-32-24-15-20(16-25(23(24)18-34)33-39-31(7,8)29(3,4)36)19-13-14-22-21-11-9-10-12-26(21)37-27(22)17-19/h9-16,19,22,27,35-36H,17H2,1-8H3. The molecule has 3 unspecified atom stereocenters. The Hall–Kier alpha value is -2.56. The van der Waals surface area contributed by atoms with Gasteiger partial charge in [-0.3, -0.25) is 0 Å². The van der Waals surface area contributed by atoms with E-state index in [4.69, 9.17) is 14.0 Å². The molecule has 2 aromatic carbocycles. The Morgan fingerprint density at radius 2 is 1.41 bits per heavy atom. The minimum absolute atomic E-state index is 0.0312. The molecule has 4 rings (SSSR count). The van der Waals surface area contributed by atoms with Gasteiger partial charge in [0.15, 0.2) is 0 Å². The van der Waals surface area contributed by atoms with Gasteiger partial charge in [0.1, 0.15) is 11.9 Å². The molecule has 39 heavy (non-hydrogen) atoms. The Bertz CT molecular complexity index is 1230. The van der Waals surface area contributed by atoms with Crippen molar-refractivity contribution in [3.05, 3.63) is 65.2 Å². The summed E-state index contributed by atoms with van der Waals surface area (Å²) in [5.74, 6) is 1.21. The lowest BCUT2D eigenvalue weighted by Crippen LogP contribution is -2.51. The van der Waals surface area contributed by atoms with Gasteiger partial charge >= 0.3 is 15.0 Å². The van der Waals surface area contributed by atoms with Gasteiger partial charge in [-0.2, -0.15) is 5.26 Å². The molecule has 0 fully saturated rings. The maximum atomic E-state index is 10.6. The van der Waals surface area contributed by atoms with Gasteiger partial charge in [-0.15, -0.1) is 0 Å². The van der Waals surface area contributed by atoms with Crippen molar-refractivity contribution in [2.45, 2.75) is 102 Å². The number of benzene rings is 2. The van der Waals surface area contributed by atoms with E-state index in [1.165, 1.54) is 5.56 Å². The number of allylic oxidation sites excluding steroid dienone is 1. The number of aliphatic hydroxyl groups is 2. The van der Waals surface area contributed by atoms with Gasteiger partial charge in [0.25, 0.3) is 0 Å². The highest BCUT2D eigenvalue weighted by Gasteiger charge is 2.39. The maximum Gasteiger partial charge on any atom is 0.332 e. The van der Waals surface area contributed by atoms with Crippen LogP contribution in [0.3, 0.4) is 0 Å². The van der Waals surface area contributed by atoms with Crippen molar-refractivity contribution in [2.75, 3.05) is 0 Å². The van der Waals surface area contributed by atoms with Gasteiger partial charge in [-0.25, -0.2) is 0 Å². The molecule has 0 spiro atoms. The Kier molecular flexibility index (Phi) is 7.88. The molecule has 1 aliphatic carbocycles. The van der Waals surface area contributed by atoms with Crippen LogP contribution in [0.4, 0.5) is 0 Å². The second-order valence-corrected chi connectivity index (χ2v) is 12.7. The molecule has 204 valence electrons. The Morgan fingerprint density at radius 3 is 1.92 bits per heavy atom. The third-order valence-electron chi connectivity index (χ3n) is 8.66. The Labute approximate surface area is 234 Å². The number of para-hydroxylation sites is 1. The van der Waals surface area contributed by atoms with Crippen molar-refractivity contribution in [2.24, 2.45) is 0 Å². The van der Waals surface area contributed by atoms with E-state index in [2.05, 4.69) is 24.3 Å². The van der Waals surface area contributed by atoms with Gasteiger partial charge in [0.2, 0.25) is 0 Å². The zero-order chi connectivity index (χ0) is 28.8. The first kappa shape index (κ1) is 29.4. The number of nitriles is 1. The molecule has 0 bridgehead atoms. The second kappa shape index (κ2) is 10.4. The fourth-order valence-electron chi connectivity index (χ4n) is 4.50. The highest BCUT2D eigenvalue weighted by atomic mass is 16.5. The van der Waals surface area contributed by atoms with Gasteiger partial charge in [0.05, 0.1) is 28.5 Å². The van der Waals surface area contributed by atoms with Gasteiger partial charge < -0.3 is 24.3 Å². The predicted octanol–water partition coefficient (Wildman–Crippen LogP) is 3.77. The zero-order valence-corrected chi connectivity index (χ0v) is 24.3. The van der Waals surface area contributed by atoms with Crippen molar-refractivity contribution in [3.63, 3.8) is 0 Å². The minimum Gasteiger partial charge on any atom is -0.489 e. The summed E-state index contributed by atoms with van der Waals surface area (Å²) in [6.07, 6.45) is 5.25. The van der Waals surface area contributed by atoms with Crippen LogP contribution in [0.25, 0.3) is 0 Å². The smallest absolute Gasteiger partial charge is 0.332 e. The summed E-state index contributed by atoms with van der Waals surface area (Å²) in [4.78, 5) is 0. The molecule has 3 atom stereocenters. The van der Waals surface area contributed by atoms with Crippen molar-refractivity contribution in [3.8, 4) is 11.8 Å². The summed E-state index contributed by atoms with van der Waals surface area (Å²) in [5, 5.41) is 31.4. The molecule has 2 N–H and O–H groups in total. The van der Waals surface area contributed by atoms with E-state index < -0.39 is 22.4 Å². The van der Waals surface area contributed by atoms with Crippen LogP contribution in [0.1, 0.15) is 90.3 Å². The number of ether oxygens (including phenoxy) is 1.